The molecular formula is C42H57NO2. The fourth-order valence-electron chi connectivity index (χ4n) is 11.7. The molecule has 3 heteroatoms. The molecule has 45 heavy (non-hydrogen) atoms. The number of carbonyl (C=O) groups is 1. The van der Waals surface area contributed by atoms with Crippen molar-refractivity contribution < 1.29 is 9.53 Å². The van der Waals surface area contributed by atoms with E-state index in [2.05, 4.69) is 88.5 Å². The van der Waals surface area contributed by atoms with Crippen molar-refractivity contribution in [3.8, 4) is 0 Å². The van der Waals surface area contributed by atoms with Crippen LogP contribution in [0.2, 0.25) is 0 Å². The molecule has 3 nitrogen and oxygen atoms in total. The SMILES string of the molecule is CC(C)CCC[C@@H](C)[C@H]1CC[C@H]2[C@@H]3CCC4C[C@@H](OC(=O)Nc5ccc6cc7ccccc7cc6c5)CC[C@]4(C)[C@H]3CC[C@]12C. The molecule has 0 spiro atoms. The minimum atomic E-state index is -0.301. The van der Waals surface area contributed by atoms with Gasteiger partial charge in [-0.2, -0.15) is 0 Å². The molecular weight excluding hydrogens is 550 g/mol. The number of ether oxygens (including phenoxy) is 1. The van der Waals surface area contributed by atoms with E-state index < -0.39 is 0 Å². The van der Waals surface area contributed by atoms with Crippen LogP contribution < -0.4 is 5.32 Å². The van der Waals surface area contributed by atoms with Crippen LogP contribution in [0.25, 0.3) is 21.5 Å². The Bertz CT molecular complexity index is 1530. The highest BCUT2D eigenvalue weighted by Crippen LogP contribution is 2.68. The van der Waals surface area contributed by atoms with Crippen LogP contribution in [-0.2, 0) is 4.74 Å². The lowest BCUT2D eigenvalue weighted by molar-refractivity contribution is -0.129. The smallest absolute Gasteiger partial charge is 0.411 e. The summed E-state index contributed by atoms with van der Waals surface area (Å²) in [5.74, 6) is 5.98. The number of anilines is 1. The van der Waals surface area contributed by atoms with E-state index in [0.29, 0.717) is 16.7 Å². The fraction of sp³-hybridized carbons (Fsp3) is 0.643. The molecule has 0 aliphatic heterocycles. The van der Waals surface area contributed by atoms with Crippen molar-refractivity contribution in [3.63, 3.8) is 0 Å². The van der Waals surface area contributed by atoms with Crippen molar-refractivity contribution in [3.05, 3.63) is 54.6 Å². The van der Waals surface area contributed by atoms with Crippen LogP contribution in [-0.4, -0.2) is 12.2 Å². The molecule has 4 saturated carbocycles. The highest BCUT2D eigenvalue weighted by molar-refractivity contribution is 6.00. The predicted octanol–water partition coefficient (Wildman–Crippen LogP) is 12.0. The van der Waals surface area contributed by atoms with E-state index in [0.717, 1.165) is 59.4 Å². The first kappa shape index (κ1) is 31.1. The minimum absolute atomic E-state index is 0.0282. The lowest BCUT2D eigenvalue weighted by Gasteiger charge is -2.61. The Balaban J connectivity index is 0.963. The van der Waals surface area contributed by atoms with Crippen LogP contribution in [0.1, 0.15) is 112 Å². The average Bonchev–Trinajstić information content (AvgIpc) is 3.37. The Kier molecular flexibility index (Phi) is 8.45. The van der Waals surface area contributed by atoms with Gasteiger partial charge in [0.05, 0.1) is 0 Å². The zero-order chi connectivity index (χ0) is 31.3. The van der Waals surface area contributed by atoms with E-state index in [1.54, 1.807) is 0 Å². The van der Waals surface area contributed by atoms with Crippen molar-refractivity contribution >= 4 is 33.3 Å². The summed E-state index contributed by atoms with van der Waals surface area (Å²) in [7, 11) is 0. The van der Waals surface area contributed by atoms with E-state index in [9.17, 15) is 4.79 Å². The number of nitrogens with one attached hydrogen (secondary N) is 1. The Hall–Kier alpha value is -2.55. The molecule has 0 bridgehead atoms. The summed E-state index contributed by atoms with van der Waals surface area (Å²) in [4.78, 5) is 13.1. The summed E-state index contributed by atoms with van der Waals surface area (Å²) in [6.07, 6.45) is 15.7. The molecule has 4 aliphatic rings. The predicted molar refractivity (Wildman–Crippen MR) is 188 cm³/mol. The second kappa shape index (κ2) is 12.2. The van der Waals surface area contributed by atoms with Gasteiger partial charge in [-0.3, -0.25) is 5.32 Å². The van der Waals surface area contributed by atoms with Gasteiger partial charge in [0.2, 0.25) is 0 Å². The van der Waals surface area contributed by atoms with Gasteiger partial charge in [0.15, 0.2) is 0 Å². The third-order valence-electron chi connectivity index (χ3n) is 14.0. The highest BCUT2D eigenvalue weighted by Gasteiger charge is 2.60. The summed E-state index contributed by atoms with van der Waals surface area (Å²) in [6.45, 7) is 12.7. The summed E-state index contributed by atoms with van der Waals surface area (Å²) in [5, 5.41) is 7.82. The van der Waals surface area contributed by atoms with Crippen LogP contribution in [0.5, 0.6) is 0 Å². The second-order valence-electron chi connectivity index (χ2n) is 16.9. The number of hydrogen-bond donors (Lipinski definition) is 1. The molecule has 1 N–H and O–H groups in total. The maximum absolute atomic E-state index is 13.1. The van der Waals surface area contributed by atoms with E-state index in [1.807, 2.05) is 6.07 Å². The largest absolute Gasteiger partial charge is 0.446 e. The van der Waals surface area contributed by atoms with Gasteiger partial charge in [-0.05, 0) is 156 Å². The Morgan fingerprint density at radius 2 is 1.51 bits per heavy atom. The summed E-state index contributed by atoms with van der Waals surface area (Å²) in [6, 6.07) is 19.0. The first-order valence-corrected chi connectivity index (χ1v) is 18.5. The van der Waals surface area contributed by atoms with Gasteiger partial charge in [0.1, 0.15) is 6.10 Å². The van der Waals surface area contributed by atoms with Crippen LogP contribution in [0, 0.1) is 52.3 Å². The van der Waals surface area contributed by atoms with E-state index >= 15 is 0 Å². The summed E-state index contributed by atoms with van der Waals surface area (Å²) >= 11 is 0. The minimum Gasteiger partial charge on any atom is -0.446 e. The lowest BCUT2D eigenvalue weighted by Crippen LogP contribution is -2.54. The topological polar surface area (TPSA) is 38.3 Å². The zero-order valence-corrected chi connectivity index (χ0v) is 28.6. The number of fused-ring (bicyclic) bond motifs is 7. The first-order chi connectivity index (χ1) is 21.6. The molecule has 0 aromatic heterocycles. The van der Waals surface area contributed by atoms with E-state index in [-0.39, 0.29) is 12.2 Å². The average molecular weight is 608 g/mol. The molecule has 3 aromatic carbocycles. The normalized spacial score (nSPS) is 35.1. The van der Waals surface area contributed by atoms with Gasteiger partial charge in [-0.15, -0.1) is 0 Å². The monoisotopic (exact) mass is 607 g/mol. The van der Waals surface area contributed by atoms with Gasteiger partial charge < -0.3 is 4.74 Å². The molecule has 4 aliphatic carbocycles. The van der Waals surface area contributed by atoms with Crippen LogP contribution in [0.3, 0.4) is 0 Å². The number of benzene rings is 3. The standard InChI is InChI=1S/C42H57NO2/c1-27(2)9-8-10-28(3)37-17-18-38-36-16-14-33-26-35(19-21-41(33,4)39(36)20-22-42(37,38)5)45-40(44)43-34-15-13-31-23-29-11-6-7-12-30(29)24-32(31)25-34/h6-7,11-13,15,23-25,27-28,33,35-39H,8-10,14,16-22,26H2,1-5H3,(H,43,44)/t28-,33?,35+,36+,37-,38+,39+,41+,42-/m1/s1. The molecule has 9 atom stereocenters. The number of carbonyl (C=O) groups excluding carboxylic acids is 1. The van der Waals surface area contributed by atoms with E-state index in [1.165, 1.54) is 80.4 Å². The first-order valence-electron chi connectivity index (χ1n) is 18.5. The molecule has 4 fully saturated rings. The molecule has 1 unspecified atom stereocenters. The molecule has 7 rings (SSSR count). The van der Waals surface area contributed by atoms with E-state index in [4.69, 9.17) is 4.74 Å². The summed E-state index contributed by atoms with van der Waals surface area (Å²) in [5.41, 5.74) is 1.76. The van der Waals surface area contributed by atoms with Crippen LogP contribution >= 0.6 is 0 Å². The second-order valence-corrected chi connectivity index (χ2v) is 16.9. The Labute approximate surface area is 272 Å². The van der Waals surface area contributed by atoms with Crippen LogP contribution in [0.4, 0.5) is 10.5 Å². The molecule has 242 valence electrons. The number of hydrogen-bond acceptors (Lipinski definition) is 2. The molecule has 1 amide bonds. The zero-order valence-electron chi connectivity index (χ0n) is 28.6. The van der Waals surface area contributed by atoms with Crippen molar-refractivity contribution in [2.75, 3.05) is 5.32 Å². The fourth-order valence-corrected chi connectivity index (χ4v) is 11.7. The van der Waals surface area contributed by atoms with Crippen LogP contribution in [0.15, 0.2) is 54.6 Å². The van der Waals surface area contributed by atoms with Crippen molar-refractivity contribution in [2.45, 2.75) is 118 Å². The van der Waals surface area contributed by atoms with Gasteiger partial charge >= 0.3 is 6.09 Å². The quantitative estimate of drug-likeness (QED) is 0.271. The lowest BCUT2D eigenvalue weighted by atomic mass is 9.44. The molecule has 0 radical (unpaired) electrons. The Morgan fingerprint density at radius 1 is 0.800 bits per heavy atom. The van der Waals surface area contributed by atoms with Gasteiger partial charge in [0.25, 0.3) is 0 Å². The summed E-state index contributed by atoms with van der Waals surface area (Å²) < 4.78 is 6.13. The van der Waals surface area contributed by atoms with Crippen molar-refractivity contribution in [2.24, 2.45) is 52.3 Å². The van der Waals surface area contributed by atoms with Gasteiger partial charge in [-0.25, -0.2) is 4.79 Å². The third kappa shape index (κ3) is 5.80. The number of rotatable bonds is 7. The molecule has 3 aromatic rings. The van der Waals surface area contributed by atoms with Crippen molar-refractivity contribution in [1.29, 1.82) is 0 Å². The maximum Gasteiger partial charge on any atom is 0.411 e. The van der Waals surface area contributed by atoms with Gasteiger partial charge in [-0.1, -0.05) is 84.2 Å². The molecule has 0 heterocycles. The number of amides is 1. The maximum atomic E-state index is 13.1. The van der Waals surface area contributed by atoms with Crippen molar-refractivity contribution in [1.82, 2.24) is 0 Å². The van der Waals surface area contributed by atoms with Gasteiger partial charge in [0, 0.05) is 5.69 Å². The third-order valence-corrected chi connectivity index (χ3v) is 14.0. The Morgan fingerprint density at radius 3 is 2.29 bits per heavy atom. The molecule has 0 saturated heterocycles. The highest BCUT2D eigenvalue weighted by atomic mass is 16.6.